The van der Waals surface area contributed by atoms with Gasteiger partial charge in [0.25, 0.3) is 0 Å². The molecular weight excluding hydrogens is 296 g/mol. The summed E-state index contributed by atoms with van der Waals surface area (Å²) in [6.45, 7) is 0.234. The molecule has 2 atom stereocenters. The number of carboxylic acids is 1. The van der Waals surface area contributed by atoms with Crippen molar-refractivity contribution in [3.05, 3.63) is 28.8 Å². The Morgan fingerprint density at radius 3 is 2.76 bits per heavy atom. The minimum Gasteiger partial charge on any atom is -0.496 e. The molecule has 1 aliphatic rings. The van der Waals surface area contributed by atoms with E-state index in [1.165, 1.54) is 7.11 Å². The van der Waals surface area contributed by atoms with Crippen LogP contribution in [0.5, 0.6) is 5.75 Å². The van der Waals surface area contributed by atoms with Crippen molar-refractivity contribution in [2.75, 3.05) is 7.11 Å². The number of carboxylic acid groups (broad SMARTS) is 1. The monoisotopic (exact) mass is 312 g/mol. The molecule has 1 fully saturated rings. The normalized spacial score (nSPS) is 21.0. The Bertz CT molecular complexity index is 550. The van der Waals surface area contributed by atoms with Gasteiger partial charge in [-0.2, -0.15) is 0 Å². The van der Waals surface area contributed by atoms with Crippen molar-refractivity contribution >= 4 is 23.5 Å². The van der Waals surface area contributed by atoms with Crippen molar-refractivity contribution in [2.45, 2.75) is 31.5 Å². The highest BCUT2D eigenvalue weighted by Crippen LogP contribution is 2.26. The summed E-state index contributed by atoms with van der Waals surface area (Å²) in [5.41, 5.74) is 0.697. The summed E-state index contributed by atoms with van der Waals surface area (Å²) in [5.74, 6) is -0.565. The van der Waals surface area contributed by atoms with Crippen LogP contribution in [0.2, 0.25) is 5.02 Å². The van der Waals surface area contributed by atoms with Gasteiger partial charge in [0.05, 0.1) is 13.2 Å². The Labute approximate surface area is 127 Å². The van der Waals surface area contributed by atoms with Gasteiger partial charge in [0.15, 0.2) is 0 Å². The number of benzene rings is 1. The lowest BCUT2D eigenvalue weighted by molar-refractivity contribution is -0.139. The van der Waals surface area contributed by atoms with E-state index in [0.29, 0.717) is 29.2 Å². The van der Waals surface area contributed by atoms with Crippen molar-refractivity contribution in [3.63, 3.8) is 0 Å². The highest BCUT2D eigenvalue weighted by atomic mass is 35.5. The van der Waals surface area contributed by atoms with Crippen LogP contribution in [0.1, 0.15) is 18.4 Å². The first-order valence-corrected chi connectivity index (χ1v) is 6.98. The lowest BCUT2D eigenvalue weighted by atomic mass is 10.1. The van der Waals surface area contributed by atoms with Gasteiger partial charge in [-0.15, -0.1) is 0 Å². The van der Waals surface area contributed by atoms with Crippen LogP contribution in [0, 0.1) is 0 Å². The summed E-state index contributed by atoms with van der Waals surface area (Å²) in [6, 6.07) is 4.11. The number of nitrogens with one attached hydrogen (secondary N) is 2. The fourth-order valence-electron chi connectivity index (χ4n) is 2.34. The standard InChI is InChI=1S/C14H17ClN2O4/c1-21-12-4-2-3-9(15)8(12)7-16-13(18)10-5-6-11(17-10)14(19)20/h2-4,10-11,17H,5-7H2,1H3,(H,16,18)(H,19,20)/t10-,11+/m1/s1. The Hall–Kier alpha value is -1.79. The van der Waals surface area contributed by atoms with Crippen LogP contribution >= 0.6 is 11.6 Å². The van der Waals surface area contributed by atoms with E-state index in [2.05, 4.69) is 10.6 Å². The SMILES string of the molecule is COc1cccc(Cl)c1CNC(=O)[C@H]1CC[C@@H](C(=O)O)N1. The summed E-state index contributed by atoms with van der Waals surface area (Å²) in [7, 11) is 1.53. The molecule has 7 heteroatoms. The van der Waals surface area contributed by atoms with E-state index < -0.39 is 18.1 Å². The van der Waals surface area contributed by atoms with E-state index >= 15 is 0 Å². The maximum Gasteiger partial charge on any atom is 0.320 e. The molecule has 0 radical (unpaired) electrons. The fraction of sp³-hybridized carbons (Fsp3) is 0.429. The number of halogens is 1. The second-order valence-corrected chi connectivity index (χ2v) is 5.23. The largest absolute Gasteiger partial charge is 0.496 e. The van der Waals surface area contributed by atoms with Gasteiger partial charge < -0.3 is 15.2 Å². The summed E-state index contributed by atoms with van der Waals surface area (Å²) in [6.07, 6.45) is 0.950. The topological polar surface area (TPSA) is 87.7 Å². The van der Waals surface area contributed by atoms with Gasteiger partial charge in [-0.25, -0.2) is 0 Å². The molecule has 1 aromatic rings. The number of hydrogen-bond acceptors (Lipinski definition) is 4. The minimum absolute atomic E-state index is 0.234. The molecule has 1 amide bonds. The molecule has 0 aromatic heterocycles. The van der Waals surface area contributed by atoms with E-state index in [9.17, 15) is 9.59 Å². The molecular formula is C14H17ClN2O4. The zero-order chi connectivity index (χ0) is 15.4. The molecule has 0 saturated carbocycles. The average Bonchev–Trinajstić information content (AvgIpc) is 2.95. The highest BCUT2D eigenvalue weighted by Gasteiger charge is 2.32. The smallest absolute Gasteiger partial charge is 0.320 e. The van der Waals surface area contributed by atoms with Gasteiger partial charge in [0.1, 0.15) is 11.8 Å². The summed E-state index contributed by atoms with van der Waals surface area (Å²) < 4.78 is 5.20. The third-order valence-electron chi connectivity index (χ3n) is 3.50. The second kappa shape index (κ2) is 6.78. The number of hydrogen-bond donors (Lipinski definition) is 3. The Balaban J connectivity index is 1.95. The van der Waals surface area contributed by atoms with Gasteiger partial charge in [-0.05, 0) is 25.0 Å². The van der Waals surface area contributed by atoms with Gasteiger partial charge in [-0.3, -0.25) is 14.9 Å². The maximum atomic E-state index is 12.0. The number of amides is 1. The van der Waals surface area contributed by atoms with Crippen molar-refractivity contribution in [3.8, 4) is 5.75 Å². The van der Waals surface area contributed by atoms with Crippen molar-refractivity contribution in [1.82, 2.24) is 10.6 Å². The molecule has 6 nitrogen and oxygen atoms in total. The zero-order valence-corrected chi connectivity index (χ0v) is 12.3. The van der Waals surface area contributed by atoms with Crippen LogP contribution < -0.4 is 15.4 Å². The third-order valence-corrected chi connectivity index (χ3v) is 3.85. The molecule has 2 rings (SSSR count). The Kier molecular flexibility index (Phi) is 5.03. The molecule has 0 bridgehead atoms. The van der Waals surface area contributed by atoms with Gasteiger partial charge in [0.2, 0.25) is 5.91 Å². The van der Waals surface area contributed by atoms with Crippen LogP contribution in [0.25, 0.3) is 0 Å². The van der Waals surface area contributed by atoms with Gasteiger partial charge >= 0.3 is 5.97 Å². The molecule has 0 spiro atoms. The van der Waals surface area contributed by atoms with Crippen LogP contribution in [0.15, 0.2) is 18.2 Å². The molecule has 1 aromatic carbocycles. The predicted octanol–water partition coefficient (Wildman–Crippen LogP) is 1.17. The molecule has 1 heterocycles. The number of rotatable bonds is 5. The van der Waals surface area contributed by atoms with E-state index in [-0.39, 0.29) is 12.5 Å². The third kappa shape index (κ3) is 3.65. The van der Waals surface area contributed by atoms with E-state index in [1.54, 1.807) is 18.2 Å². The lowest BCUT2D eigenvalue weighted by Crippen LogP contribution is -2.44. The van der Waals surface area contributed by atoms with Gasteiger partial charge in [0, 0.05) is 17.1 Å². The maximum absolute atomic E-state index is 12.0. The lowest BCUT2D eigenvalue weighted by Gasteiger charge is -2.14. The van der Waals surface area contributed by atoms with Gasteiger partial charge in [-0.1, -0.05) is 17.7 Å². The number of ether oxygens (including phenoxy) is 1. The highest BCUT2D eigenvalue weighted by molar-refractivity contribution is 6.31. The molecule has 1 aliphatic heterocycles. The average molecular weight is 313 g/mol. The zero-order valence-electron chi connectivity index (χ0n) is 11.6. The minimum atomic E-state index is -0.932. The first-order chi connectivity index (χ1) is 10.0. The number of carbonyl (C=O) groups is 2. The van der Waals surface area contributed by atoms with Crippen molar-refractivity contribution < 1.29 is 19.4 Å². The van der Waals surface area contributed by atoms with Crippen LogP contribution in [-0.2, 0) is 16.1 Å². The van der Waals surface area contributed by atoms with Crippen molar-refractivity contribution in [2.24, 2.45) is 0 Å². The molecule has 3 N–H and O–H groups in total. The number of carbonyl (C=O) groups excluding carboxylic acids is 1. The summed E-state index contributed by atoms with van der Waals surface area (Å²) in [4.78, 5) is 22.9. The molecule has 0 aliphatic carbocycles. The fourth-order valence-corrected chi connectivity index (χ4v) is 2.58. The summed E-state index contributed by atoms with van der Waals surface area (Å²) >= 11 is 6.09. The summed E-state index contributed by atoms with van der Waals surface area (Å²) in [5, 5.41) is 15.0. The van der Waals surface area contributed by atoms with Crippen LogP contribution in [0.4, 0.5) is 0 Å². The van der Waals surface area contributed by atoms with E-state index in [4.69, 9.17) is 21.4 Å². The Morgan fingerprint density at radius 2 is 2.14 bits per heavy atom. The van der Waals surface area contributed by atoms with E-state index in [0.717, 1.165) is 0 Å². The second-order valence-electron chi connectivity index (χ2n) is 4.83. The molecule has 114 valence electrons. The Morgan fingerprint density at radius 1 is 1.43 bits per heavy atom. The first kappa shape index (κ1) is 15.6. The van der Waals surface area contributed by atoms with Crippen molar-refractivity contribution in [1.29, 1.82) is 0 Å². The quantitative estimate of drug-likeness (QED) is 0.759. The molecule has 0 unspecified atom stereocenters. The molecule has 21 heavy (non-hydrogen) atoms. The van der Waals surface area contributed by atoms with Crippen LogP contribution in [0.3, 0.4) is 0 Å². The number of methoxy groups -OCH3 is 1. The van der Waals surface area contributed by atoms with Crippen LogP contribution in [-0.4, -0.2) is 36.2 Å². The van der Waals surface area contributed by atoms with E-state index in [1.807, 2.05) is 0 Å². The first-order valence-electron chi connectivity index (χ1n) is 6.61. The predicted molar refractivity (Wildman–Crippen MR) is 77.4 cm³/mol. The molecule has 1 saturated heterocycles. The number of aliphatic carboxylic acids is 1.